The second-order valence-electron chi connectivity index (χ2n) is 4.16. The maximum atomic E-state index is 11.4. The first-order valence-corrected chi connectivity index (χ1v) is 6.12. The summed E-state index contributed by atoms with van der Waals surface area (Å²) in [4.78, 5) is 22.7. The number of ketones is 1. The first kappa shape index (κ1) is 14.1. The standard InChI is InChI=1S/C14H12ClNO4/c1-8(17)9-5-12(14(18)19)16(7-9)11-6-10(15)3-4-13(11)20-2/h3-7H,1-2H3,(H,18,19). The summed E-state index contributed by atoms with van der Waals surface area (Å²) in [6, 6.07) is 6.18. The van der Waals surface area contributed by atoms with E-state index in [9.17, 15) is 14.7 Å². The number of carbonyl (C=O) groups excluding carboxylic acids is 1. The Hall–Kier alpha value is -2.27. The summed E-state index contributed by atoms with van der Waals surface area (Å²) >= 11 is 5.94. The number of methoxy groups -OCH3 is 1. The lowest BCUT2D eigenvalue weighted by Gasteiger charge is -2.11. The third-order valence-corrected chi connectivity index (χ3v) is 3.08. The number of ether oxygens (including phenoxy) is 1. The van der Waals surface area contributed by atoms with Crippen LogP contribution in [0.4, 0.5) is 0 Å². The molecule has 2 rings (SSSR count). The van der Waals surface area contributed by atoms with Crippen LogP contribution in [-0.4, -0.2) is 28.5 Å². The Morgan fingerprint density at radius 1 is 1.30 bits per heavy atom. The molecule has 0 bridgehead atoms. The van der Waals surface area contributed by atoms with E-state index in [1.165, 1.54) is 30.9 Å². The van der Waals surface area contributed by atoms with Crippen molar-refractivity contribution < 1.29 is 19.4 Å². The molecule has 6 heteroatoms. The molecule has 0 radical (unpaired) electrons. The van der Waals surface area contributed by atoms with E-state index >= 15 is 0 Å². The Labute approximate surface area is 120 Å². The molecule has 0 atom stereocenters. The van der Waals surface area contributed by atoms with Gasteiger partial charge in [-0.3, -0.25) is 4.79 Å². The van der Waals surface area contributed by atoms with Gasteiger partial charge in [0, 0.05) is 16.8 Å². The largest absolute Gasteiger partial charge is 0.495 e. The number of Topliss-reactive ketones (excluding diaryl/α,β-unsaturated/α-hetero) is 1. The molecule has 0 unspecified atom stereocenters. The average Bonchev–Trinajstić information content (AvgIpc) is 2.83. The molecular formula is C14H12ClNO4. The van der Waals surface area contributed by atoms with E-state index in [0.717, 1.165) is 0 Å². The number of hydrogen-bond acceptors (Lipinski definition) is 3. The quantitative estimate of drug-likeness (QED) is 0.880. The van der Waals surface area contributed by atoms with E-state index in [0.29, 0.717) is 22.0 Å². The molecule has 1 heterocycles. The van der Waals surface area contributed by atoms with Crippen molar-refractivity contribution in [2.24, 2.45) is 0 Å². The van der Waals surface area contributed by atoms with Crippen molar-refractivity contribution in [1.82, 2.24) is 4.57 Å². The van der Waals surface area contributed by atoms with Crippen molar-refractivity contribution in [1.29, 1.82) is 0 Å². The molecule has 0 saturated carbocycles. The number of carboxylic acid groups (broad SMARTS) is 1. The van der Waals surface area contributed by atoms with Crippen molar-refractivity contribution in [3.05, 3.63) is 46.7 Å². The van der Waals surface area contributed by atoms with Crippen LogP contribution in [0.15, 0.2) is 30.5 Å². The number of aromatic nitrogens is 1. The highest BCUT2D eigenvalue weighted by Crippen LogP contribution is 2.28. The molecule has 0 aliphatic carbocycles. The molecule has 5 nitrogen and oxygen atoms in total. The van der Waals surface area contributed by atoms with Crippen molar-refractivity contribution >= 4 is 23.4 Å². The van der Waals surface area contributed by atoms with Crippen LogP contribution < -0.4 is 4.74 Å². The van der Waals surface area contributed by atoms with E-state index in [-0.39, 0.29) is 11.5 Å². The molecule has 1 aromatic carbocycles. The fraction of sp³-hybridized carbons (Fsp3) is 0.143. The first-order chi connectivity index (χ1) is 9.43. The predicted molar refractivity (Wildman–Crippen MR) is 74.3 cm³/mol. The molecule has 0 amide bonds. The lowest BCUT2D eigenvalue weighted by atomic mass is 10.2. The molecule has 0 aliphatic heterocycles. The van der Waals surface area contributed by atoms with Gasteiger partial charge in [0.05, 0.1) is 12.8 Å². The third-order valence-electron chi connectivity index (χ3n) is 2.85. The van der Waals surface area contributed by atoms with Gasteiger partial charge in [0.25, 0.3) is 0 Å². The normalized spacial score (nSPS) is 10.3. The minimum Gasteiger partial charge on any atom is -0.495 e. The lowest BCUT2D eigenvalue weighted by Crippen LogP contribution is -2.06. The van der Waals surface area contributed by atoms with E-state index in [2.05, 4.69) is 0 Å². The molecule has 0 fully saturated rings. The summed E-state index contributed by atoms with van der Waals surface area (Å²) < 4.78 is 6.58. The molecule has 0 saturated heterocycles. The van der Waals surface area contributed by atoms with Crippen LogP contribution in [0.3, 0.4) is 0 Å². The van der Waals surface area contributed by atoms with Gasteiger partial charge >= 0.3 is 5.97 Å². The van der Waals surface area contributed by atoms with Gasteiger partial charge in [-0.05, 0) is 31.2 Å². The monoisotopic (exact) mass is 293 g/mol. The van der Waals surface area contributed by atoms with Crippen LogP contribution in [-0.2, 0) is 0 Å². The topological polar surface area (TPSA) is 68.5 Å². The zero-order chi connectivity index (χ0) is 14.9. The summed E-state index contributed by atoms with van der Waals surface area (Å²) in [6.07, 6.45) is 1.46. The zero-order valence-electron chi connectivity index (χ0n) is 10.9. The number of halogens is 1. The molecule has 2 aromatic rings. The van der Waals surface area contributed by atoms with Crippen LogP contribution in [0.25, 0.3) is 5.69 Å². The van der Waals surface area contributed by atoms with Crippen LogP contribution in [0.1, 0.15) is 27.8 Å². The average molecular weight is 294 g/mol. The summed E-state index contributed by atoms with van der Waals surface area (Å²) in [6.45, 7) is 1.38. The number of hydrogen-bond donors (Lipinski definition) is 1. The van der Waals surface area contributed by atoms with Gasteiger partial charge < -0.3 is 14.4 Å². The maximum absolute atomic E-state index is 11.4. The Balaban J connectivity index is 2.71. The number of rotatable bonds is 4. The summed E-state index contributed by atoms with van der Waals surface area (Å²) in [5, 5.41) is 9.69. The van der Waals surface area contributed by atoms with Crippen LogP contribution in [0, 0.1) is 0 Å². The molecule has 20 heavy (non-hydrogen) atoms. The molecule has 1 N–H and O–H groups in total. The van der Waals surface area contributed by atoms with Crippen LogP contribution in [0.2, 0.25) is 5.02 Å². The van der Waals surface area contributed by atoms with Crippen molar-refractivity contribution in [2.75, 3.05) is 7.11 Å². The minimum absolute atomic E-state index is 0.0317. The van der Waals surface area contributed by atoms with Crippen molar-refractivity contribution in [3.8, 4) is 11.4 Å². The van der Waals surface area contributed by atoms with Gasteiger partial charge in [-0.2, -0.15) is 0 Å². The number of carbonyl (C=O) groups is 2. The lowest BCUT2D eigenvalue weighted by molar-refractivity contribution is 0.0688. The SMILES string of the molecule is COc1ccc(Cl)cc1-n1cc(C(C)=O)cc1C(=O)O. The highest BCUT2D eigenvalue weighted by Gasteiger charge is 2.18. The third kappa shape index (κ3) is 2.53. The highest BCUT2D eigenvalue weighted by atomic mass is 35.5. The Kier molecular flexibility index (Phi) is 3.81. The van der Waals surface area contributed by atoms with Crippen LogP contribution >= 0.6 is 11.6 Å². The van der Waals surface area contributed by atoms with E-state index in [1.807, 2.05) is 0 Å². The summed E-state index contributed by atoms with van der Waals surface area (Å²) in [5.41, 5.74) is 0.741. The zero-order valence-corrected chi connectivity index (χ0v) is 11.6. The van der Waals surface area contributed by atoms with Gasteiger partial charge in [0.15, 0.2) is 5.78 Å². The molecule has 104 valence electrons. The molecule has 1 aromatic heterocycles. The second kappa shape index (κ2) is 5.38. The van der Waals surface area contributed by atoms with Gasteiger partial charge in [-0.1, -0.05) is 11.6 Å². The molecule has 0 spiro atoms. The van der Waals surface area contributed by atoms with Gasteiger partial charge in [-0.15, -0.1) is 0 Å². The predicted octanol–water partition coefficient (Wildman–Crippen LogP) is 3.04. The van der Waals surface area contributed by atoms with Gasteiger partial charge in [0.1, 0.15) is 11.4 Å². The van der Waals surface area contributed by atoms with Crippen molar-refractivity contribution in [2.45, 2.75) is 6.92 Å². The fourth-order valence-electron chi connectivity index (χ4n) is 1.87. The smallest absolute Gasteiger partial charge is 0.352 e. The maximum Gasteiger partial charge on any atom is 0.352 e. The molecule has 0 aliphatic rings. The van der Waals surface area contributed by atoms with E-state index in [1.54, 1.807) is 18.2 Å². The number of benzene rings is 1. The van der Waals surface area contributed by atoms with E-state index < -0.39 is 5.97 Å². The summed E-state index contributed by atoms with van der Waals surface area (Å²) in [7, 11) is 1.47. The highest BCUT2D eigenvalue weighted by molar-refractivity contribution is 6.30. The number of nitrogens with zero attached hydrogens (tertiary/aromatic N) is 1. The fourth-order valence-corrected chi connectivity index (χ4v) is 2.04. The number of carboxylic acids is 1. The minimum atomic E-state index is -1.14. The number of aromatic carboxylic acids is 1. The first-order valence-electron chi connectivity index (χ1n) is 5.74. The van der Waals surface area contributed by atoms with Gasteiger partial charge in [0.2, 0.25) is 0 Å². The summed E-state index contributed by atoms with van der Waals surface area (Å²) in [5.74, 6) is -0.894. The Morgan fingerprint density at radius 2 is 2.00 bits per heavy atom. The Morgan fingerprint density at radius 3 is 2.55 bits per heavy atom. The molecular weight excluding hydrogens is 282 g/mol. The van der Waals surface area contributed by atoms with E-state index in [4.69, 9.17) is 16.3 Å². The van der Waals surface area contributed by atoms with Gasteiger partial charge in [-0.25, -0.2) is 4.79 Å². The Bertz CT molecular complexity index is 690. The van der Waals surface area contributed by atoms with Crippen molar-refractivity contribution in [3.63, 3.8) is 0 Å². The van der Waals surface area contributed by atoms with Crippen LogP contribution in [0.5, 0.6) is 5.75 Å². The second-order valence-corrected chi connectivity index (χ2v) is 4.60.